The molecule has 1 amide bonds. The predicted molar refractivity (Wildman–Crippen MR) is 168 cm³/mol. The minimum absolute atomic E-state index is 0.154. The molecule has 10 nitrogen and oxygen atoms in total. The fourth-order valence-electron chi connectivity index (χ4n) is 5.38. The van der Waals surface area contributed by atoms with Crippen LogP contribution in [-0.2, 0) is 38.1 Å². The van der Waals surface area contributed by atoms with Crippen LogP contribution in [0.2, 0.25) is 0 Å². The van der Waals surface area contributed by atoms with Gasteiger partial charge in [-0.05, 0) is 32.0 Å². The third-order valence-electron chi connectivity index (χ3n) is 7.35. The first-order valence-corrected chi connectivity index (χ1v) is 15.7. The molecule has 14 heteroatoms. The lowest BCUT2D eigenvalue weighted by molar-refractivity contribution is -0.138. The Morgan fingerprint density at radius 1 is 0.711 bits per heavy atom. The van der Waals surface area contributed by atoms with Gasteiger partial charge in [0, 0.05) is 16.0 Å². The molecule has 2 aromatic carbocycles. The number of carbonyl (C=O) groups is 5. The van der Waals surface area contributed by atoms with Gasteiger partial charge in [-0.1, -0.05) is 65.6 Å². The molecular formula is C31H26FNO9S3. The zero-order chi connectivity index (χ0) is 32.8. The number of fused-ring (bicyclic) bond motifs is 3. The van der Waals surface area contributed by atoms with E-state index in [4.69, 9.17) is 18.9 Å². The summed E-state index contributed by atoms with van der Waals surface area (Å²) in [5.74, 6) is -4.90. The first-order chi connectivity index (χ1) is 21.4. The number of benzene rings is 2. The van der Waals surface area contributed by atoms with Gasteiger partial charge in [0.2, 0.25) is 0 Å². The van der Waals surface area contributed by atoms with Crippen LogP contribution in [0.3, 0.4) is 0 Å². The zero-order valence-electron chi connectivity index (χ0n) is 24.8. The van der Waals surface area contributed by atoms with Crippen LogP contribution in [0.5, 0.6) is 0 Å². The highest BCUT2D eigenvalue weighted by Gasteiger charge is 2.61. The average Bonchev–Trinajstić information content (AvgIpc) is 3.43. The second-order valence-corrected chi connectivity index (χ2v) is 13.9. The van der Waals surface area contributed by atoms with Crippen molar-refractivity contribution in [2.24, 2.45) is 0 Å². The van der Waals surface area contributed by atoms with Gasteiger partial charge < -0.3 is 18.9 Å². The Hall–Kier alpha value is -4.01. The Kier molecular flexibility index (Phi) is 8.68. The van der Waals surface area contributed by atoms with E-state index in [9.17, 15) is 24.0 Å². The zero-order valence-corrected chi connectivity index (χ0v) is 27.3. The van der Waals surface area contributed by atoms with Crippen LogP contribution in [0.4, 0.5) is 10.1 Å². The number of nitrogens with zero attached hydrogens (tertiary/aromatic N) is 1. The maximum Gasteiger partial charge on any atom is 0.345 e. The number of amides is 1. The molecular weight excluding hydrogens is 646 g/mol. The van der Waals surface area contributed by atoms with E-state index < -0.39 is 45.2 Å². The molecule has 3 heterocycles. The molecule has 0 aliphatic carbocycles. The highest BCUT2D eigenvalue weighted by Crippen LogP contribution is 2.71. The maximum atomic E-state index is 15.0. The van der Waals surface area contributed by atoms with Crippen LogP contribution in [0.1, 0.15) is 29.8 Å². The molecule has 3 aliphatic rings. The van der Waals surface area contributed by atoms with Gasteiger partial charge in [0.1, 0.15) is 24.6 Å². The minimum Gasteiger partial charge on any atom is -0.466 e. The molecule has 3 aliphatic heterocycles. The smallest absolute Gasteiger partial charge is 0.345 e. The summed E-state index contributed by atoms with van der Waals surface area (Å²) in [5.41, 5.74) is -0.421. The third kappa shape index (κ3) is 4.95. The number of hydrogen-bond acceptors (Lipinski definition) is 12. The van der Waals surface area contributed by atoms with Crippen LogP contribution < -0.4 is 4.90 Å². The van der Waals surface area contributed by atoms with Crippen LogP contribution >= 0.6 is 35.3 Å². The first-order valence-electron chi connectivity index (χ1n) is 13.2. The standard InChI is InChI=1S/C31H26FNO9S3/c1-30(2)24-19(16-12-8-10-14-18(16)33(30)25(34)15-11-7-9-13-17(15)32)31(20(26(35)39-3)21(43-24)27(36)40-4)44-22(28(37)41-5)23(45-31)29(38)42-6/h7-14H,1-6H3. The van der Waals surface area contributed by atoms with Crippen LogP contribution in [-0.4, -0.2) is 67.8 Å². The van der Waals surface area contributed by atoms with Crippen molar-refractivity contribution in [2.45, 2.75) is 23.5 Å². The van der Waals surface area contributed by atoms with Gasteiger partial charge in [0.25, 0.3) is 5.91 Å². The molecule has 0 unspecified atom stereocenters. The highest BCUT2D eigenvalue weighted by atomic mass is 32.2. The number of esters is 4. The summed E-state index contributed by atoms with van der Waals surface area (Å²) < 4.78 is 33.6. The van der Waals surface area contributed by atoms with Crippen molar-refractivity contribution in [2.75, 3.05) is 33.3 Å². The fourth-order valence-corrected chi connectivity index (χ4v) is 10.4. The summed E-state index contributed by atoms with van der Waals surface area (Å²) in [6.45, 7) is 3.44. The highest BCUT2D eigenvalue weighted by molar-refractivity contribution is 8.26. The van der Waals surface area contributed by atoms with E-state index in [-0.39, 0.29) is 25.9 Å². The van der Waals surface area contributed by atoms with Gasteiger partial charge in [-0.15, -0.1) is 0 Å². The molecule has 0 N–H and O–H groups in total. The molecule has 45 heavy (non-hydrogen) atoms. The van der Waals surface area contributed by atoms with E-state index in [1.807, 2.05) is 0 Å². The Morgan fingerprint density at radius 3 is 1.78 bits per heavy atom. The van der Waals surface area contributed by atoms with Crippen molar-refractivity contribution >= 4 is 76.3 Å². The average molecular weight is 672 g/mol. The first kappa shape index (κ1) is 32.4. The SMILES string of the molecule is COC(=O)C1=C(C(=O)OC)SC2(S1)C(C(=O)OC)=C(C(=O)OC)SC1=C2c2ccccc2N(C(=O)c2ccccc2F)C1(C)C. The largest absolute Gasteiger partial charge is 0.466 e. The van der Waals surface area contributed by atoms with Crippen molar-refractivity contribution in [3.05, 3.63) is 90.7 Å². The van der Waals surface area contributed by atoms with Crippen molar-refractivity contribution < 1.29 is 47.3 Å². The number of ether oxygens (including phenoxy) is 4. The number of methoxy groups -OCH3 is 4. The van der Waals surface area contributed by atoms with E-state index in [0.717, 1.165) is 63.7 Å². The van der Waals surface area contributed by atoms with Crippen molar-refractivity contribution in [1.29, 1.82) is 0 Å². The lowest BCUT2D eigenvalue weighted by Crippen LogP contribution is -2.54. The monoisotopic (exact) mass is 671 g/mol. The second-order valence-electron chi connectivity index (χ2n) is 10.2. The number of thioether (sulfide) groups is 3. The molecule has 0 saturated heterocycles. The Bertz CT molecular complexity index is 1750. The molecule has 5 rings (SSSR count). The summed E-state index contributed by atoms with van der Waals surface area (Å²) in [5, 5.41) is 0. The molecule has 0 fully saturated rings. The van der Waals surface area contributed by atoms with Gasteiger partial charge in [0.05, 0.1) is 50.8 Å². The maximum absolute atomic E-state index is 15.0. The number of anilines is 1. The van der Waals surface area contributed by atoms with E-state index >= 15 is 4.39 Å². The number of hydrogen-bond donors (Lipinski definition) is 0. The lowest BCUT2D eigenvalue weighted by Gasteiger charge is -2.50. The van der Waals surface area contributed by atoms with Crippen LogP contribution in [0, 0.1) is 5.82 Å². The molecule has 0 atom stereocenters. The van der Waals surface area contributed by atoms with Crippen molar-refractivity contribution in [3.8, 4) is 0 Å². The summed E-state index contributed by atoms with van der Waals surface area (Å²) >= 11 is 2.55. The number of halogens is 1. The molecule has 2 aromatic rings. The summed E-state index contributed by atoms with van der Waals surface area (Å²) in [7, 11) is 4.57. The van der Waals surface area contributed by atoms with Crippen LogP contribution in [0.25, 0.3) is 5.57 Å². The normalized spacial score (nSPS) is 17.9. The number of carbonyl (C=O) groups excluding carboxylic acids is 5. The Balaban J connectivity index is 1.88. The van der Waals surface area contributed by atoms with E-state index in [2.05, 4.69) is 0 Å². The number of rotatable bonds is 5. The van der Waals surface area contributed by atoms with Gasteiger partial charge in [0.15, 0.2) is 0 Å². The van der Waals surface area contributed by atoms with E-state index in [1.54, 1.807) is 44.2 Å². The molecule has 234 valence electrons. The third-order valence-corrected chi connectivity index (χ3v) is 12.0. The van der Waals surface area contributed by atoms with Gasteiger partial charge in [-0.25, -0.2) is 23.6 Å². The summed E-state index contributed by atoms with van der Waals surface area (Å²) in [6.07, 6.45) is 0. The van der Waals surface area contributed by atoms with Gasteiger partial charge in [-0.3, -0.25) is 9.69 Å². The van der Waals surface area contributed by atoms with E-state index in [1.165, 1.54) is 23.1 Å². The Labute approximate surface area is 270 Å². The molecule has 0 radical (unpaired) electrons. The minimum atomic E-state index is -1.70. The van der Waals surface area contributed by atoms with Crippen LogP contribution in [0.15, 0.2) is 73.7 Å². The van der Waals surface area contributed by atoms with Crippen molar-refractivity contribution in [3.63, 3.8) is 0 Å². The van der Waals surface area contributed by atoms with Crippen molar-refractivity contribution in [1.82, 2.24) is 0 Å². The lowest BCUT2D eigenvalue weighted by atomic mass is 9.83. The quantitative estimate of drug-likeness (QED) is 0.312. The molecule has 1 spiro atoms. The van der Waals surface area contributed by atoms with Gasteiger partial charge in [-0.2, -0.15) is 0 Å². The summed E-state index contributed by atoms with van der Waals surface area (Å²) in [4.78, 5) is 68.8. The second kappa shape index (κ2) is 12.1. The van der Waals surface area contributed by atoms with Gasteiger partial charge >= 0.3 is 23.9 Å². The Morgan fingerprint density at radius 2 is 1.22 bits per heavy atom. The summed E-state index contributed by atoms with van der Waals surface area (Å²) in [6, 6.07) is 12.4. The molecule has 0 bridgehead atoms. The number of para-hydroxylation sites is 1. The molecule has 0 aromatic heterocycles. The molecule has 0 saturated carbocycles. The van der Waals surface area contributed by atoms with E-state index in [0.29, 0.717) is 21.7 Å². The topological polar surface area (TPSA) is 126 Å². The fraction of sp³-hybridized carbons (Fsp3) is 0.258. The predicted octanol–water partition coefficient (Wildman–Crippen LogP) is 5.06.